The molecule has 0 radical (unpaired) electrons. The van der Waals surface area contributed by atoms with E-state index < -0.39 is 35.4 Å². The third-order valence-corrected chi connectivity index (χ3v) is 4.74. The number of carbonyl (C=O) groups is 1. The van der Waals surface area contributed by atoms with Crippen LogP contribution in [0, 0.1) is 28.4 Å². The molecule has 132 valence electrons. The van der Waals surface area contributed by atoms with Crippen LogP contribution in [-0.2, 0) is 9.53 Å². The summed E-state index contributed by atoms with van der Waals surface area (Å²) in [5.41, 5.74) is 1.42. The minimum Gasteiger partial charge on any atom is -0.465 e. The second kappa shape index (κ2) is 6.89. The molecule has 1 N–H and O–H groups in total. The summed E-state index contributed by atoms with van der Waals surface area (Å²) in [6.07, 6.45) is 0. The van der Waals surface area contributed by atoms with E-state index in [4.69, 9.17) is 4.74 Å². The van der Waals surface area contributed by atoms with Gasteiger partial charge in [0, 0.05) is 4.92 Å². The van der Waals surface area contributed by atoms with Crippen LogP contribution in [0.2, 0.25) is 0 Å². The number of ether oxygens (including phenoxy) is 1. The van der Waals surface area contributed by atoms with Crippen molar-refractivity contribution in [2.75, 3.05) is 6.61 Å². The fourth-order valence-corrected chi connectivity index (χ4v) is 3.72. The molecule has 0 saturated carbocycles. The predicted octanol–water partition coefficient (Wildman–Crippen LogP) is 2.88. The summed E-state index contributed by atoms with van der Waals surface area (Å²) in [7, 11) is 0. The first-order valence-electron chi connectivity index (χ1n) is 8.30. The zero-order chi connectivity index (χ0) is 18.1. The third-order valence-electron chi connectivity index (χ3n) is 4.74. The van der Waals surface area contributed by atoms with Gasteiger partial charge in [-0.15, -0.1) is 0 Å². The summed E-state index contributed by atoms with van der Waals surface area (Å²) in [6, 6.07) is 5.49. The van der Waals surface area contributed by atoms with Crippen molar-refractivity contribution in [3.05, 3.63) is 45.5 Å². The lowest BCUT2D eigenvalue weighted by Crippen LogP contribution is -2.45. The lowest BCUT2D eigenvalue weighted by Gasteiger charge is -2.31. The van der Waals surface area contributed by atoms with Crippen LogP contribution in [0.25, 0.3) is 0 Å². The van der Waals surface area contributed by atoms with Crippen molar-refractivity contribution in [1.29, 1.82) is 0 Å². The summed E-state index contributed by atoms with van der Waals surface area (Å²) in [5, 5.41) is 15.1. The molecule has 0 spiro atoms. The van der Waals surface area contributed by atoms with Gasteiger partial charge in [0.2, 0.25) is 6.04 Å². The van der Waals surface area contributed by atoms with E-state index in [2.05, 4.69) is 5.32 Å². The molecule has 0 aromatic heterocycles. The number of nitrogens with zero attached hydrogens (tertiary/aromatic N) is 1. The summed E-state index contributed by atoms with van der Waals surface area (Å²) in [6.45, 7) is 9.72. The van der Waals surface area contributed by atoms with Crippen LogP contribution >= 0.6 is 0 Å². The van der Waals surface area contributed by atoms with Gasteiger partial charge >= 0.3 is 5.97 Å². The van der Waals surface area contributed by atoms with Crippen molar-refractivity contribution in [1.82, 2.24) is 5.32 Å². The smallest absolute Gasteiger partial charge is 0.323 e. The largest absolute Gasteiger partial charge is 0.465 e. The molecule has 1 heterocycles. The molecule has 1 fully saturated rings. The molecule has 0 amide bonds. The van der Waals surface area contributed by atoms with Crippen molar-refractivity contribution in [3.8, 4) is 0 Å². The van der Waals surface area contributed by atoms with E-state index in [0.29, 0.717) is 0 Å². The zero-order valence-electron chi connectivity index (χ0n) is 14.9. The highest BCUT2D eigenvalue weighted by Gasteiger charge is 2.58. The van der Waals surface area contributed by atoms with E-state index in [1.165, 1.54) is 0 Å². The van der Waals surface area contributed by atoms with E-state index in [1.54, 1.807) is 6.92 Å². The van der Waals surface area contributed by atoms with Crippen LogP contribution in [0.15, 0.2) is 24.3 Å². The molecule has 6 nitrogen and oxygen atoms in total. The van der Waals surface area contributed by atoms with Crippen molar-refractivity contribution in [2.24, 2.45) is 11.3 Å². The van der Waals surface area contributed by atoms with Crippen LogP contribution in [0.3, 0.4) is 0 Å². The number of benzene rings is 1. The van der Waals surface area contributed by atoms with Crippen molar-refractivity contribution >= 4 is 5.97 Å². The topological polar surface area (TPSA) is 81.5 Å². The standard InChI is InChI=1S/C18H26N2O4/c1-6-24-17(21)15-13(18(3,4)5)16(20(22)23)14(19-15)12-10-8-7-9-11(12)2/h7-10,13-16,19H,6H2,1-5H3/t13-,14+,15+,16+/m1/s1. The second-order valence-electron chi connectivity index (χ2n) is 7.40. The Balaban J connectivity index is 2.51. The summed E-state index contributed by atoms with van der Waals surface area (Å²) in [5.74, 6) is -0.878. The van der Waals surface area contributed by atoms with Gasteiger partial charge in [-0.3, -0.25) is 20.2 Å². The molecular weight excluding hydrogens is 308 g/mol. The van der Waals surface area contributed by atoms with Gasteiger partial charge < -0.3 is 4.74 Å². The number of hydrogen-bond donors (Lipinski definition) is 1. The maximum atomic E-state index is 12.4. The Morgan fingerprint density at radius 3 is 2.46 bits per heavy atom. The highest BCUT2D eigenvalue weighted by molar-refractivity contribution is 5.77. The van der Waals surface area contributed by atoms with Crippen molar-refractivity contribution in [2.45, 2.75) is 52.7 Å². The number of carbonyl (C=O) groups excluding carboxylic acids is 1. The minimum absolute atomic E-state index is 0.251. The van der Waals surface area contributed by atoms with Gasteiger partial charge in [-0.1, -0.05) is 45.0 Å². The Labute approximate surface area is 142 Å². The van der Waals surface area contributed by atoms with E-state index >= 15 is 0 Å². The van der Waals surface area contributed by atoms with E-state index in [1.807, 2.05) is 52.0 Å². The Morgan fingerprint density at radius 1 is 1.33 bits per heavy atom. The molecule has 6 heteroatoms. The van der Waals surface area contributed by atoms with E-state index in [9.17, 15) is 14.9 Å². The van der Waals surface area contributed by atoms with Crippen molar-refractivity contribution in [3.63, 3.8) is 0 Å². The molecule has 0 bridgehead atoms. The first kappa shape index (κ1) is 18.4. The number of rotatable bonds is 4. The summed E-state index contributed by atoms with van der Waals surface area (Å²) in [4.78, 5) is 24.1. The third kappa shape index (κ3) is 3.43. The lowest BCUT2D eigenvalue weighted by molar-refractivity contribution is -0.535. The first-order valence-corrected chi connectivity index (χ1v) is 8.30. The summed E-state index contributed by atoms with van der Waals surface area (Å²) < 4.78 is 5.17. The van der Waals surface area contributed by atoms with Crippen LogP contribution in [0.5, 0.6) is 0 Å². The second-order valence-corrected chi connectivity index (χ2v) is 7.40. The minimum atomic E-state index is -0.888. The van der Waals surface area contributed by atoms with Gasteiger partial charge in [-0.25, -0.2) is 0 Å². The fourth-order valence-electron chi connectivity index (χ4n) is 3.72. The molecule has 24 heavy (non-hydrogen) atoms. The number of nitrogens with one attached hydrogen (secondary N) is 1. The SMILES string of the molecule is CCOC(=O)[C@H]1N[C@@H](c2ccccc2C)[C@@H]([N+](=O)[O-])[C@@H]1C(C)(C)C. The molecule has 2 rings (SSSR count). The first-order chi connectivity index (χ1) is 11.2. The fraction of sp³-hybridized carbons (Fsp3) is 0.611. The summed E-state index contributed by atoms with van der Waals surface area (Å²) >= 11 is 0. The van der Waals surface area contributed by atoms with Crippen LogP contribution in [0.4, 0.5) is 0 Å². The number of nitro groups is 1. The molecule has 0 aliphatic carbocycles. The van der Waals surface area contributed by atoms with Crippen molar-refractivity contribution < 1.29 is 14.5 Å². The molecule has 1 aliphatic heterocycles. The van der Waals surface area contributed by atoms with Crippen LogP contribution in [-0.4, -0.2) is 29.6 Å². The average molecular weight is 334 g/mol. The monoisotopic (exact) mass is 334 g/mol. The van der Waals surface area contributed by atoms with Gasteiger partial charge in [0.25, 0.3) is 0 Å². The van der Waals surface area contributed by atoms with Gasteiger partial charge in [0.15, 0.2) is 0 Å². The molecular formula is C18H26N2O4. The molecule has 1 aromatic rings. The van der Waals surface area contributed by atoms with Crippen LogP contribution in [0.1, 0.15) is 44.9 Å². The van der Waals surface area contributed by atoms with Gasteiger partial charge in [-0.05, 0) is 30.4 Å². The van der Waals surface area contributed by atoms with Gasteiger partial charge in [0.1, 0.15) is 12.1 Å². The van der Waals surface area contributed by atoms with Gasteiger partial charge in [-0.2, -0.15) is 0 Å². The lowest BCUT2D eigenvalue weighted by atomic mass is 9.72. The molecule has 1 saturated heterocycles. The quantitative estimate of drug-likeness (QED) is 0.520. The molecule has 1 aromatic carbocycles. The average Bonchev–Trinajstić information content (AvgIpc) is 2.88. The molecule has 0 unspecified atom stereocenters. The van der Waals surface area contributed by atoms with E-state index in [0.717, 1.165) is 11.1 Å². The highest BCUT2D eigenvalue weighted by atomic mass is 16.6. The maximum absolute atomic E-state index is 12.4. The highest BCUT2D eigenvalue weighted by Crippen LogP contribution is 2.44. The Hall–Kier alpha value is -1.95. The number of aryl methyl sites for hydroxylation is 1. The Kier molecular flexibility index (Phi) is 5.28. The molecule has 4 atom stereocenters. The van der Waals surface area contributed by atoms with E-state index in [-0.39, 0.29) is 11.5 Å². The zero-order valence-corrected chi connectivity index (χ0v) is 14.9. The van der Waals surface area contributed by atoms with Crippen LogP contribution < -0.4 is 5.32 Å². The predicted molar refractivity (Wildman–Crippen MR) is 91.2 cm³/mol. The Bertz CT molecular complexity index is 624. The van der Waals surface area contributed by atoms with Gasteiger partial charge in [0.05, 0.1) is 12.5 Å². The number of hydrogen-bond acceptors (Lipinski definition) is 5. The Morgan fingerprint density at radius 2 is 1.96 bits per heavy atom. The number of esters is 1. The maximum Gasteiger partial charge on any atom is 0.323 e. The molecule has 1 aliphatic rings. The normalized spacial score (nSPS) is 27.0.